The van der Waals surface area contributed by atoms with Crippen LogP contribution in [-0.4, -0.2) is 18.3 Å². The van der Waals surface area contributed by atoms with Gasteiger partial charge in [-0.25, -0.2) is 5.84 Å². The molecule has 110 valence electrons. The third kappa shape index (κ3) is 4.77. The molecule has 0 spiro atoms. The van der Waals surface area contributed by atoms with Crippen LogP contribution in [0, 0.1) is 0 Å². The van der Waals surface area contributed by atoms with Gasteiger partial charge in [0, 0.05) is 20.7 Å². The Hall–Kier alpha value is -1.50. The highest BCUT2D eigenvalue weighted by atomic mass is 79.9. The number of carbonyl (C=O) groups excluding carboxylic acids is 1. The van der Waals surface area contributed by atoms with Gasteiger partial charge < -0.3 is 4.74 Å². The minimum Gasteiger partial charge on any atom is -0.493 e. The Kier molecular flexibility index (Phi) is 6.10. The van der Waals surface area contributed by atoms with Crippen molar-refractivity contribution in [3.63, 3.8) is 0 Å². The van der Waals surface area contributed by atoms with Gasteiger partial charge in [-0.1, -0.05) is 12.1 Å². The maximum atomic E-state index is 11.3. The van der Waals surface area contributed by atoms with Crippen molar-refractivity contribution >= 4 is 33.6 Å². The lowest BCUT2D eigenvalue weighted by Crippen LogP contribution is -2.29. The minimum absolute atomic E-state index is 0.314. The van der Waals surface area contributed by atoms with Gasteiger partial charge in [0.1, 0.15) is 5.75 Å². The van der Waals surface area contributed by atoms with Crippen LogP contribution in [0.3, 0.4) is 0 Å². The Morgan fingerprint density at radius 3 is 2.57 bits per heavy atom. The zero-order valence-electron chi connectivity index (χ0n) is 11.2. The number of thioether (sulfide) groups is 1. The fraction of sp³-hybridized carbons (Fsp3) is 0.133. The van der Waals surface area contributed by atoms with E-state index in [4.69, 9.17) is 10.6 Å². The summed E-state index contributed by atoms with van der Waals surface area (Å²) in [6, 6.07) is 15.0. The number of nitrogens with one attached hydrogen (secondary N) is 1. The molecular formula is C15H15BrN2O2S. The van der Waals surface area contributed by atoms with Gasteiger partial charge in [-0.15, -0.1) is 11.8 Å². The lowest BCUT2D eigenvalue weighted by molar-refractivity contribution is 0.0953. The summed E-state index contributed by atoms with van der Waals surface area (Å²) in [6.45, 7) is 0.592. The number of hydrazine groups is 1. The second-order valence-electron chi connectivity index (χ2n) is 4.13. The van der Waals surface area contributed by atoms with E-state index in [1.165, 1.54) is 4.90 Å². The van der Waals surface area contributed by atoms with E-state index in [2.05, 4.69) is 27.4 Å². The van der Waals surface area contributed by atoms with Gasteiger partial charge in [0.2, 0.25) is 0 Å². The number of halogens is 1. The predicted molar refractivity (Wildman–Crippen MR) is 88.5 cm³/mol. The second-order valence-corrected chi connectivity index (χ2v) is 6.12. The summed E-state index contributed by atoms with van der Waals surface area (Å²) >= 11 is 5.24. The van der Waals surface area contributed by atoms with Crippen LogP contribution in [0.15, 0.2) is 57.9 Å². The minimum atomic E-state index is -0.314. The Morgan fingerprint density at radius 1 is 1.19 bits per heavy atom. The first-order valence-electron chi connectivity index (χ1n) is 6.32. The first kappa shape index (κ1) is 15.9. The summed E-state index contributed by atoms with van der Waals surface area (Å²) in [7, 11) is 0. The number of amides is 1. The van der Waals surface area contributed by atoms with E-state index < -0.39 is 0 Å². The molecule has 0 heterocycles. The molecule has 0 atom stereocenters. The SMILES string of the molecule is NNC(=O)c1ccc(OCCSc2ccccc2Br)cc1. The van der Waals surface area contributed by atoms with Crippen LogP contribution >= 0.6 is 27.7 Å². The molecule has 6 heteroatoms. The van der Waals surface area contributed by atoms with Gasteiger partial charge in [-0.05, 0) is 52.3 Å². The highest BCUT2D eigenvalue weighted by molar-refractivity contribution is 9.10. The zero-order chi connectivity index (χ0) is 15.1. The van der Waals surface area contributed by atoms with Crippen LogP contribution in [0.4, 0.5) is 0 Å². The number of rotatable bonds is 6. The summed E-state index contributed by atoms with van der Waals surface area (Å²) in [5.41, 5.74) is 2.60. The topological polar surface area (TPSA) is 64.3 Å². The molecule has 0 aliphatic heterocycles. The maximum Gasteiger partial charge on any atom is 0.265 e. The van der Waals surface area contributed by atoms with Crippen molar-refractivity contribution in [1.29, 1.82) is 0 Å². The van der Waals surface area contributed by atoms with Crippen LogP contribution in [0.1, 0.15) is 10.4 Å². The van der Waals surface area contributed by atoms with E-state index in [1.807, 2.05) is 18.2 Å². The van der Waals surface area contributed by atoms with Gasteiger partial charge in [-0.2, -0.15) is 0 Å². The third-order valence-electron chi connectivity index (χ3n) is 2.69. The number of benzene rings is 2. The van der Waals surface area contributed by atoms with Crippen LogP contribution in [0.25, 0.3) is 0 Å². The second kappa shape index (κ2) is 8.07. The summed E-state index contributed by atoms with van der Waals surface area (Å²) < 4.78 is 6.73. The first-order valence-corrected chi connectivity index (χ1v) is 8.09. The summed E-state index contributed by atoms with van der Waals surface area (Å²) in [6.07, 6.45) is 0. The molecule has 0 saturated carbocycles. The fourth-order valence-corrected chi connectivity index (χ4v) is 3.05. The van der Waals surface area contributed by atoms with Crippen molar-refractivity contribution in [2.45, 2.75) is 4.90 Å². The molecule has 2 aromatic carbocycles. The van der Waals surface area contributed by atoms with Crippen LogP contribution < -0.4 is 16.0 Å². The number of carbonyl (C=O) groups is 1. The van der Waals surface area contributed by atoms with Crippen molar-refractivity contribution in [2.75, 3.05) is 12.4 Å². The molecule has 2 rings (SSSR count). The highest BCUT2D eigenvalue weighted by Gasteiger charge is 2.03. The Bertz CT molecular complexity index is 605. The Labute approximate surface area is 136 Å². The van der Waals surface area contributed by atoms with E-state index in [0.717, 1.165) is 16.0 Å². The number of hydrogen-bond acceptors (Lipinski definition) is 4. The van der Waals surface area contributed by atoms with Crippen molar-refractivity contribution < 1.29 is 9.53 Å². The molecule has 0 aliphatic carbocycles. The van der Waals surface area contributed by atoms with Crippen molar-refractivity contribution in [3.05, 3.63) is 58.6 Å². The molecule has 0 aromatic heterocycles. The highest BCUT2D eigenvalue weighted by Crippen LogP contribution is 2.26. The fourth-order valence-electron chi connectivity index (χ4n) is 1.66. The lowest BCUT2D eigenvalue weighted by atomic mass is 10.2. The standard InChI is InChI=1S/C15H15BrN2O2S/c16-13-3-1-2-4-14(13)21-10-9-20-12-7-5-11(6-8-12)15(19)18-17/h1-8H,9-10,17H2,(H,18,19). The number of nitrogens with two attached hydrogens (primary N) is 1. The van der Waals surface area contributed by atoms with Gasteiger partial charge >= 0.3 is 0 Å². The van der Waals surface area contributed by atoms with E-state index in [9.17, 15) is 4.79 Å². The molecule has 1 amide bonds. The van der Waals surface area contributed by atoms with Crippen molar-refractivity contribution in [2.24, 2.45) is 5.84 Å². The van der Waals surface area contributed by atoms with Crippen LogP contribution in [-0.2, 0) is 0 Å². The monoisotopic (exact) mass is 366 g/mol. The maximum absolute atomic E-state index is 11.3. The van der Waals surface area contributed by atoms with Crippen molar-refractivity contribution in [1.82, 2.24) is 5.43 Å². The number of nitrogen functional groups attached to an aromatic ring is 1. The largest absolute Gasteiger partial charge is 0.493 e. The van der Waals surface area contributed by atoms with E-state index in [1.54, 1.807) is 36.0 Å². The lowest BCUT2D eigenvalue weighted by Gasteiger charge is -2.07. The average molecular weight is 367 g/mol. The summed E-state index contributed by atoms with van der Waals surface area (Å²) in [5, 5.41) is 0. The predicted octanol–water partition coefficient (Wildman–Crippen LogP) is 3.22. The summed E-state index contributed by atoms with van der Waals surface area (Å²) in [4.78, 5) is 12.5. The molecule has 0 fully saturated rings. The summed E-state index contributed by atoms with van der Waals surface area (Å²) in [5.74, 6) is 6.33. The van der Waals surface area contributed by atoms with Gasteiger partial charge in [0.15, 0.2) is 0 Å². The van der Waals surface area contributed by atoms with Crippen LogP contribution in [0.2, 0.25) is 0 Å². The van der Waals surface area contributed by atoms with Gasteiger partial charge in [0.25, 0.3) is 5.91 Å². The quantitative estimate of drug-likeness (QED) is 0.271. The van der Waals surface area contributed by atoms with Crippen LogP contribution in [0.5, 0.6) is 5.75 Å². The number of ether oxygens (including phenoxy) is 1. The molecule has 2 aromatic rings. The molecule has 0 saturated heterocycles. The molecule has 0 radical (unpaired) electrons. The molecule has 0 aliphatic rings. The average Bonchev–Trinajstić information content (AvgIpc) is 2.53. The molecule has 3 N–H and O–H groups in total. The molecular weight excluding hydrogens is 352 g/mol. The Balaban J connectivity index is 1.79. The van der Waals surface area contributed by atoms with E-state index in [0.29, 0.717) is 12.2 Å². The van der Waals surface area contributed by atoms with E-state index in [-0.39, 0.29) is 5.91 Å². The Morgan fingerprint density at radius 2 is 1.90 bits per heavy atom. The number of hydrogen-bond donors (Lipinski definition) is 2. The van der Waals surface area contributed by atoms with E-state index >= 15 is 0 Å². The molecule has 0 bridgehead atoms. The first-order chi connectivity index (χ1) is 10.2. The molecule has 0 unspecified atom stereocenters. The third-order valence-corrected chi connectivity index (χ3v) is 4.69. The smallest absolute Gasteiger partial charge is 0.265 e. The van der Waals surface area contributed by atoms with Gasteiger partial charge in [-0.3, -0.25) is 10.2 Å². The zero-order valence-corrected chi connectivity index (χ0v) is 13.6. The van der Waals surface area contributed by atoms with Crippen molar-refractivity contribution in [3.8, 4) is 5.75 Å². The van der Waals surface area contributed by atoms with Gasteiger partial charge in [0.05, 0.1) is 6.61 Å². The molecule has 21 heavy (non-hydrogen) atoms. The molecule has 4 nitrogen and oxygen atoms in total. The normalized spacial score (nSPS) is 10.2.